The van der Waals surface area contributed by atoms with Crippen LogP contribution in [0.1, 0.15) is 70.3 Å². The van der Waals surface area contributed by atoms with Crippen LogP contribution in [0.5, 0.6) is 5.75 Å². The number of nitrogens with zero attached hydrogens (tertiary/aromatic N) is 1. The molecule has 0 unspecified atom stereocenters. The second-order valence-electron chi connectivity index (χ2n) is 8.92. The number of likely N-dealkylation sites (N-methyl/N-ethyl adjacent to an activating group) is 1. The van der Waals surface area contributed by atoms with Crippen LogP contribution >= 0.6 is 0 Å². The largest absolute Gasteiger partial charge is 0.497 e. The second kappa shape index (κ2) is 17.4. The zero-order valence-electron chi connectivity index (χ0n) is 22.0. The van der Waals surface area contributed by atoms with Gasteiger partial charge in [-0.3, -0.25) is 4.79 Å². The molecule has 2 rings (SSSR count). The maximum atomic E-state index is 12.5. The van der Waals surface area contributed by atoms with Gasteiger partial charge in [0.05, 0.1) is 7.11 Å². The highest BCUT2D eigenvalue weighted by Gasteiger charge is 2.10. The summed E-state index contributed by atoms with van der Waals surface area (Å²) in [7, 11) is 3.58. The van der Waals surface area contributed by atoms with Gasteiger partial charge >= 0.3 is 0 Å². The van der Waals surface area contributed by atoms with E-state index in [9.17, 15) is 4.79 Å². The highest BCUT2D eigenvalue weighted by molar-refractivity contribution is 5.84. The molecule has 0 saturated heterocycles. The fourth-order valence-electron chi connectivity index (χ4n) is 3.84. The number of rotatable bonds is 17. The molecule has 0 spiro atoms. The molecule has 4 nitrogen and oxygen atoms in total. The lowest BCUT2D eigenvalue weighted by Gasteiger charge is -2.16. The van der Waals surface area contributed by atoms with Crippen LogP contribution in [0.2, 0.25) is 0 Å². The molecule has 1 N–H and O–H groups in total. The number of H-pyrrole nitrogens is 1. The number of nitrogens with one attached hydrogen (secondary N) is 1. The standard InChI is InChI=1S/C31H44N2O2/c1-4-5-6-7-8-9-10-11-12-13-14-15-16-17-18-19-20-31(34)33(2)24-23-27-26-32-30-22-21-28(35-3)25-29(27)30/h7-8,10-11,13-14,16-17,21-22,25-26,32H,4-6,9,12,15,18-20,23-24H2,1-3H3/b8-7-,11-10-,14-13-,17-16-. The Morgan fingerprint density at radius 3 is 2.20 bits per heavy atom. The van der Waals surface area contributed by atoms with Crippen LogP contribution in [0.25, 0.3) is 10.9 Å². The van der Waals surface area contributed by atoms with Gasteiger partial charge in [0.1, 0.15) is 5.75 Å². The summed E-state index contributed by atoms with van der Waals surface area (Å²) in [5.74, 6) is 1.06. The van der Waals surface area contributed by atoms with Gasteiger partial charge in [-0.15, -0.1) is 0 Å². The van der Waals surface area contributed by atoms with E-state index in [4.69, 9.17) is 4.74 Å². The summed E-state index contributed by atoms with van der Waals surface area (Å²) in [6, 6.07) is 6.04. The number of aromatic nitrogens is 1. The number of hydrogen-bond acceptors (Lipinski definition) is 2. The lowest BCUT2D eigenvalue weighted by atomic mass is 10.1. The van der Waals surface area contributed by atoms with E-state index in [-0.39, 0.29) is 5.91 Å². The number of aromatic amines is 1. The average molecular weight is 477 g/mol. The number of methoxy groups -OCH3 is 1. The predicted molar refractivity (Wildman–Crippen MR) is 150 cm³/mol. The summed E-state index contributed by atoms with van der Waals surface area (Å²) in [6.07, 6.45) is 29.8. The predicted octanol–water partition coefficient (Wildman–Crippen LogP) is 7.93. The van der Waals surface area contributed by atoms with Crippen LogP contribution in [-0.4, -0.2) is 36.5 Å². The Morgan fingerprint density at radius 1 is 0.943 bits per heavy atom. The van der Waals surface area contributed by atoms with Crippen LogP contribution in [-0.2, 0) is 11.2 Å². The molecule has 35 heavy (non-hydrogen) atoms. The number of allylic oxidation sites excluding steroid dienone is 8. The third-order valence-electron chi connectivity index (χ3n) is 6.09. The molecule has 1 heterocycles. The van der Waals surface area contributed by atoms with Crippen molar-refractivity contribution >= 4 is 16.8 Å². The van der Waals surface area contributed by atoms with E-state index >= 15 is 0 Å². The summed E-state index contributed by atoms with van der Waals surface area (Å²) in [6.45, 7) is 2.94. The lowest BCUT2D eigenvalue weighted by Crippen LogP contribution is -2.28. The molecule has 1 amide bonds. The summed E-state index contributed by atoms with van der Waals surface area (Å²) in [5.41, 5.74) is 2.31. The average Bonchev–Trinajstić information content (AvgIpc) is 3.28. The second-order valence-corrected chi connectivity index (χ2v) is 8.92. The number of fused-ring (bicyclic) bond motifs is 1. The molecule has 0 aliphatic carbocycles. The minimum Gasteiger partial charge on any atom is -0.497 e. The minimum atomic E-state index is 0.211. The Labute approximate surface area is 212 Å². The molecule has 0 aliphatic rings. The van der Waals surface area contributed by atoms with Gasteiger partial charge in [-0.1, -0.05) is 68.4 Å². The Bertz CT molecular complexity index is 981. The smallest absolute Gasteiger partial charge is 0.222 e. The van der Waals surface area contributed by atoms with E-state index in [1.54, 1.807) is 7.11 Å². The maximum absolute atomic E-state index is 12.5. The van der Waals surface area contributed by atoms with E-state index in [2.05, 4.69) is 66.6 Å². The summed E-state index contributed by atoms with van der Waals surface area (Å²) < 4.78 is 5.34. The topological polar surface area (TPSA) is 45.3 Å². The van der Waals surface area contributed by atoms with Crippen molar-refractivity contribution in [3.63, 3.8) is 0 Å². The normalized spacial score (nSPS) is 12.2. The summed E-state index contributed by atoms with van der Waals surface area (Å²) >= 11 is 0. The van der Waals surface area contributed by atoms with Gasteiger partial charge in [0.15, 0.2) is 0 Å². The fraction of sp³-hybridized carbons (Fsp3) is 0.452. The quantitative estimate of drug-likeness (QED) is 0.186. The van der Waals surface area contributed by atoms with Gasteiger partial charge in [-0.2, -0.15) is 0 Å². The molecule has 0 radical (unpaired) electrons. The number of hydrogen-bond donors (Lipinski definition) is 1. The Morgan fingerprint density at radius 2 is 1.57 bits per heavy atom. The molecule has 0 aliphatic heterocycles. The number of ether oxygens (including phenoxy) is 1. The molecule has 0 bridgehead atoms. The first-order valence-electron chi connectivity index (χ1n) is 13.1. The first kappa shape index (κ1) is 28.2. The number of amides is 1. The molecular formula is C31H44N2O2. The Balaban J connectivity index is 1.55. The summed E-state index contributed by atoms with van der Waals surface area (Å²) in [4.78, 5) is 17.6. The molecule has 1 aromatic carbocycles. The van der Waals surface area contributed by atoms with Gasteiger partial charge in [-0.05, 0) is 68.7 Å². The molecule has 0 saturated carbocycles. The van der Waals surface area contributed by atoms with Crippen LogP contribution in [0.15, 0.2) is 73.0 Å². The number of carbonyl (C=O) groups is 1. The molecule has 0 atom stereocenters. The van der Waals surface area contributed by atoms with E-state index in [0.29, 0.717) is 13.0 Å². The first-order chi connectivity index (χ1) is 17.2. The number of unbranched alkanes of at least 4 members (excludes halogenated alkanes) is 3. The fourth-order valence-corrected chi connectivity index (χ4v) is 3.84. The molecule has 1 aromatic heterocycles. The monoisotopic (exact) mass is 476 g/mol. The zero-order chi connectivity index (χ0) is 25.1. The lowest BCUT2D eigenvalue weighted by molar-refractivity contribution is -0.129. The number of benzene rings is 1. The zero-order valence-corrected chi connectivity index (χ0v) is 22.0. The van der Waals surface area contributed by atoms with Crippen LogP contribution in [0, 0.1) is 0 Å². The third kappa shape index (κ3) is 11.3. The van der Waals surface area contributed by atoms with Crippen molar-refractivity contribution in [1.82, 2.24) is 9.88 Å². The third-order valence-corrected chi connectivity index (χ3v) is 6.09. The van der Waals surface area contributed by atoms with Crippen molar-refractivity contribution in [3.8, 4) is 5.75 Å². The van der Waals surface area contributed by atoms with Gasteiger partial charge in [-0.25, -0.2) is 0 Å². The van der Waals surface area contributed by atoms with Crippen LogP contribution in [0.4, 0.5) is 0 Å². The van der Waals surface area contributed by atoms with Crippen molar-refractivity contribution in [3.05, 3.63) is 78.6 Å². The van der Waals surface area contributed by atoms with Crippen molar-refractivity contribution in [2.24, 2.45) is 0 Å². The maximum Gasteiger partial charge on any atom is 0.222 e. The van der Waals surface area contributed by atoms with Crippen molar-refractivity contribution < 1.29 is 9.53 Å². The minimum absolute atomic E-state index is 0.211. The summed E-state index contributed by atoms with van der Waals surface area (Å²) in [5, 5.41) is 1.16. The van der Waals surface area contributed by atoms with Gasteiger partial charge in [0.25, 0.3) is 0 Å². The van der Waals surface area contributed by atoms with Gasteiger partial charge < -0.3 is 14.6 Å². The van der Waals surface area contributed by atoms with E-state index in [1.807, 2.05) is 30.3 Å². The molecule has 2 aromatic rings. The highest BCUT2D eigenvalue weighted by Crippen LogP contribution is 2.24. The van der Waals surface area contributed by atoms with Gasteiger partial charge in [0.2, 0.25) is 5.91 Å². The van der Waals surface area contributed by atoms with Crippen molar-refractivity contribution in [2.45, 2.75) is 71.1 Å². The number of carbonyl (C=O) groups excluding carboxylic acids is 1. The highest BCUT2D eigenvalue weighted by atomic mass is 16.5. The molecular weight excluding hydrogens is 432 g/mol. The molecule has 0 fully saturated rings. The van der Waals surface area contributed by atoms with Crippen molar-refractivity contribution in [1.29, 1.82) is 0 Å². The Kier molecular flexibility index (Phi) is 14.1. The van der Waals surface area contributed by atoms with Crippen molar-refractivity contribution in [2.75, 3.05) is 20.7 Å². The van der Waals surface area contributed by atoms with Gasteiger partial charge in [0, 0.05) is 37.1 Å². The van der Waals surface area contributed by atoms with E-state index in [0.717, 1.165) is 55.2 Å². The van der Waals surface area contributed by atoms with E-state index < -0.39 is 0 Å². The van der Waals surface area contributed by atoms with E-state index in [1.165, 1.54) is 24.8 Å². The van der Waals surface area contributed by atoms with Crippen LogP contribution < -0.4 is 4.74 Å². The molecule has 4 heteroatoms. The first-order valence-corrected chi connectivity index (χ1v) is 13.1. The molecule has 190 valence electrons. The SMILES string of the molecule is CCCC/C=C\C/C=C\C/C=C\C/C=C\CCCC(=O)N(C)CCc1c[nH]c2ccc(OC)cc12. The Hall–Kier alpha value is -3.01. The van der Waals surface area contributed by atoms with Crippen LogP contribution in [0.3, 0.4) is 0 Å².